The molecular formula is C15H10BrFN2O2. The molecule has 0 aliphatic rings. The molecule has 0 saturated carbocycles. The van der Waals surface area contributed by atoms with Gasteiger partial charge in [0.1, 0.15) is 11.6 Å². The van der Waals surface area contributed by atoms with Crippen LogP contribution in [0.25, 0.3) is 11.5 Å². The van der Waals surface area contributed by atoms with Crippen LogP contribution in [0.1, 0.15) is 11.4 Å². The number of hydrogen-bond acceptors (Lipinski definition) is 4. The quantitative estimate of drug-likeness (QED) is 0.778. The van der Waals surface area contributed by atoms with E-state index >= 15 is 0 Å². The van der Waals surface area contributed by atoms with Crippen molar-refractivity contribution in [2.24, 2.45) is 0 Å². The molecule has 0 spiro atoms. The summed E-state index contributed by atoms with van der Waals surface area (Å²) in [5, 5.41) is 13.7. The highest BCUT2D eigenvalue weighted by molar-refractivity contribution is 9.10. The van der Waals surface area contributed by atoms with Crippen molar-refractivity contribution in [3.05, 3.63) is 64.1 Å². The van der Waals surface area contributed by atoms with Crippen LogP contribution < -0.4 is 0 Å². The average molecular weight is 349 g/mol. The third kappa shape index (κ3) is 3.11. The van der Waals surface area contributed by atoms with Gasteiger partial charge in [0.2, 0.25) is 0 Å². The van der Waals surface area contributed by atoms with E-state index in [-0.39, 0.29) is 17.5 Å². The lowest BCUT2D eigenvalue weighted by Crippen LogP contribution is -1.91. The molecule has 106 valence electrons. The first kappa shape index (κ1) is 13.8. The van der Waals surface area contributed by atoms with Crippen LogP contribution in [-0.2, 0) is 6.42 Å². The highest BCUT2D eigenvalue weighted by atomic mass is 79.9. The zero-order chi connectivity index (χ0) is 14.8. The van der Waals surface area contributed by atoms with Crippen molar-refractivity contribution in [2.75, 3.05) is 0 Å². The van der Waals surface area contributed by atoms with E-state index in [1.54, 1.807) is 24.3 Å². The molecule has 1 heterocycles. The zero-order valence-electron chi connectivity index (χ0n) is 10.8. The molecule has 3 rings (SSSR count). The molecule has 0 aliphatic carbocycles. The fourth-order valence-electron chi connectivity index (χ4n) is 1.94. The van der Waals surface area contributed by atoms with Gasteiger partial charge in [0.15, 0.2) is 5.82 Å². The third-order valence-corrected chi connectivity index (χ3v) is 3.40. The van der Waals surface area contributed by atoms with Crippen LogP contribution in [0.5, 0.6) is 5.75 Å². The highest BCUT2D eigenvalue weighted by Gasteiger charge is 2.13. The first-order chi connectivity index (χ1) is 10.1. The zero-order valence-corrected chi connectivity index (χ0v) is 12.3. The molecular weight excluding hydrogens is 339 g/mol. The van der Waals surface area contributed by atoms with Gasteiger partial charge in [0, 0.05) is 10.9 Å². The predicted molar refractivity (Wildman–Crippen MR) is 78.3 cm³/mol. The molecule has 1 aromatic heterocycles. The van der Waals surface area contributed by atoms with Gasteiger partial charge >= 0.3 is 0 Å². The molecule has 0 amide bonds. The van der Waals surface area contributed by atoms with Crippen molar-refractivity contribution in [3.8, 4) is 17.2 Å². The molecule has 1 N–H and O–H groups in total. The standard InChI is InChI=1S/C15H10BrFN2O2/c16-10-4-5-13(20)12(8-10)15-18-14(19-21-15)7-9-2-1-3-11(17)6-9/h1-6,8,20H,7H2. The van der Waals surface area contributed by atoms with Crippen molar-refractivity contribution in [3.63, 3.8) is 0 Å². The molecule has 21 heavy (non-hydrogen) atoms. The Bertz CT molecular complexity index is 789. The van der Waals surface area contributed by atoms with Crippen LogP contribution >= 0.6 is 15.9 Å². The Morgan fingerprint density at radius 3 is 2.86 bits per heavy atom. The number of halogens is 2. The van der Waals surface area contributed by atoms with Crippen molar-refractivity contribution < 1.29 is 14.0 Å². The van der Waals surface area contributed by atoms with Crippen LogP contribution in [0.3, 0.4) is 0 Å². The maximum absolute atomic E-state index is 13.1. The van der Waals surface area contributed by atoms with Gasteiger partial charge < -0.3 is 9.63 Å². The number of nitrogens with zero attached hydrogens (tertiary/aromatic N) is 2. The van der Waals surface area contributed by atoms with Crippen molar-refractivity contribution >= 4 is 15.9 Å². The van der Waals surface area contributed by atoms with Crippen molar-refractivity contribution in [1.29, 1.82) is 0 Å². The third-order valence-electron chi connectivity index (χ3n) is 2.91. The lowest BCUT2D eigenvalue weighted by molar-refractivity contribution is 0.418. The molecule has 2 aromatic carbocycles. The molecule has 0 aliphatic heterocycles. The van der Waals surface area contributed by atoms with E-state index < -0.39 is 0 Å². The van der Waals surface area contributed by atoms with Crippen molar-refractivity contribution in [2.45, 2.75) is 6.42 Å². The fourth-order valence-corrected chi connectivity index (χ4v) is 2.31. The van der Waals surface area contributed by atoms with Crippen LogP contribution in [-0.4, -0.2) is 15.2 Å². The summed E-state index contributed by atoms with van der Waals surface area (Å²) in [5.74, 6) is 0.398. The van der Waals surface area contributed by atoms with Crippen molar-refractivity contribution in [1.82, 2.24) is 10.1 Å². The Balaban J connectivity index is 1.88. The molecule has 4 nitrogen and oxygen atoms in total. The van der Waals surface area contributed by atoms with Gasteiger partial charge in [-0.1, -0.05) is 33.2 Å². The second-order valence-corrected chi connectivity index (χ2v) is 5.40. The summed E-state index contributed by atoms with van der Waals surface area (Å²) in [7, 11) is 0. The van der Waals surface area contributed by atoms with E-state index in [2.05, 4.69) is 26.1 Å². The molecule has 0 unspecified atom stereocenters. The summed E-state index contributed by atoms with van der Waals surface area (Å²) >= 11 is 3.32. The van der Waals surface area contributed by atoms with Crippen LogP contribution in [0.2, 0.25) is 0 Å². The summed E-state index contributed by atoms with van der Waals surface area (Å²) in [5.41, 5.74) is 1.20. The monoisotopic (exact) mass is 348 g/mol. The minimum absolute atomic E-state index is 0.0548. The molecule has 0 radical (unpaired) electrons. The first-order valence-corrected chi connectivity index (χ1v) is 6.97. The van der Waals surface area contributed by atoms with Gasteiger partial charge in [-0.15, -0.1) is 0 Å². The van der Waals surface area contributed by atoms with Gasteiger partial charge in [0.05, 0.1) is 5.56 Å². The Morgan fingerprint density at radius 1 is 1.19 bits per heavy atom. The normalized spacial score (nSPS) is 10.8. The molecule has 0 atom stereocenters. The second-order valence-electron chi connectivity index (χ2n) is 4.48. The highest BCUT2D eigenvalue weighted by Crippen LogP contribution is 2.30. The van der Waals surface area contributed by atoms with E-state index in [4.69, 9.17) is 4.52 Å². The van der Waals surface area contributed by atoms with E-state index in [1.807, 2.05) is 0 Å². The van der Waals surface area contributed by atoms with Crippen LogP contribution in [0.15, 0.2) is 51.5 Å². The number of phenolic OH excluding ortho intramolecular Hbond substituents is 1. The summed E-state index contributed by atoms with van der Waals surface area (Å²) in [6.45, 7) is 0. The first-order valence-electron chi connectivity index (χ1n) is 6.18. The van der Waals surface area contributed by atoms with Gasteiger partial charge in [-0.2, -0.15) is 4.98 Å². The van der Waals surface area contributed by atoms with E-state index in [1.165, 1.54) is 18.2 Å². The SMILES string of the molecule is Oc1ccc(Br)cc1-c1nc(Cc2cccc(F)c2)no1. The topological polar surface area (TPSA) is 59.2 Å². The minimum atomic E-state index is -0.305. The molecule has 6 heteroatoms. The van der Waals surface area contributed by atoms with Gasteiger partial charge in [-0.25, -0.2) is 4.39 Å². The Labute approximate surface area is 128 Å². The fraction of sp³-hybridized carbons (Fsp3) is 0.0667. The largest absolute Gasteiger partial charge is 0.507 e. The van der Waals surface area contributed by atoms with Gasteiger partial charge in [-0.05, 0) is 35.9 Å². The number of phenols is 1. The lowest BCUT2D eigenvalue weighted by atomic mass is 10.1. The summed E-state index contributed by atoms with van der Waals surface area (Å²) in [6, 6.07) is 11.2. The summed E-state index contributed by atoms with van der Waals surface area (Å²) in [4.78, 5) is 4.23. The average Bonchev–Trinajstić information content (AvgIpc) is 2.90. The maximum atomic E-state index is 13.1. The second kappa shape index (κ2) is 5.65. The van der Waals surface area contributed by atoms with Gasteiger partial charge in [-0.3, -0.25) is 0 Å². The lowest BCUT2D eigenvalue weighted by Gasteiger charge is -1.99. The molecule has 0 fully saturated rings. The van der Waals surface area contributed by atoms with E-state index in [9.17, 15) is 9.50 Å². The van der Waals surface area contributed by atoms with E-state index in [0.29, 0.717) is 17.8 Å². The number of aromatic nitrogens is 2. The summed E-state index contributed by atoms with van der Waals surface area (Å²) in [6.07, 6.45) is 0.357. The number of hydrogen-bond donors (Lipinski definition) is 1. The maximum Gasteiger partial charge on any atom is 0.261 e. The number of aromatic hydroxyl groups is 1. The van der Waals surface area contributed by atoms with Crippen LogP contribution in [0, 0.1) is 5.82 Å². The minimum Gasteiger partial charge on any atom is -0.507 e. The Hall–Kier alpha value is -2.21. The summed E-state index contributed by atoms with van der Waals surface area (Å²) < 4.78 is 19.1. The predicted octanol–water partition coefficient (Wildman–Crippen LogP) is 3.93. The van der Waals surface area contributed by atoms with Gasteiger partial charge in [0.25, 0.3) is 5.89 Å². The molecule has 3 aromatic rings. The Morgan fingerprint density at radius 2 is 2.05 bits per heavy atom. The Kier molecular flexibility index (Phi) is 3.70. The smallest absolute Gasteiger partial charge is 0.261 e. The van der Waals surface area contributed by atoms with Crippen LogP contribution in [0.4, 0.5) is 4.39 Å². The molecule has 0 saturated heterocycles. The number of benzene rings is 2. The molecule has 0 bridgehead atoms. The number of rotatable bonds is 3. The van der Waals surface area contributed by atoms with E-state index in [0.717, 1.165) is 10.0 Å².